The van der Waals surface area contributed by atoms with E-state index < -0.39 is 0 Å². The summed E-state index contributed by atoms with van der Waals surface area (Å²) in [5, 5.41) is 5.15. The predicted molar refractivity (Wildman–Crippen MR) is 85.5 cm³/mol. The summed E-state index contributed by atoms with van der Waals surface area (Å²) in [6.07, 6.45) is 1.72. The van der Waals surface area contributed by atoms with E-state index in [0.29, 0.717) is 22.3 Å². The monoisotopic (exact) mass is 320 g/mol. The highest BCUT2D eigenvalue weighted by Crippen LogP contribution is 2.27. The average Bonchev–Trinajstić information content (AvgIpc) is 2.50. The SMILES string of the molecule is Fc1ccc(Cl)c(NCc2ccc(Cl)c3cccnc23)c1. The van der Waals surface area contributed by atoms with E-state index in [-0.39, 0.29) is 5.82 Å². The molecule has 2 aromatic carbocycles. The van der Waals surface area contributed by atoms with Gasteiger partial charge in [-0.1, -0.05) is 29.3 Å². The lowest BCUT2D eigenvalue weighted by molar-refractivity contribution is 0.628. The minimum absolute atomic E-state index is 0.332. The summed E-state index contributed by atoms with van der Waals surface area (Å²) in [5.74, 6) is -0.332. The molecule has 0 unspecified atom stereocenters. The molecule has 3 rings (SSSR count). The van der Waals surface area contributed by atoms with E-state index in [1.165, 1.54) is 18.2 Å². The third-order valence-electron chi connectivity index (χ3n) is 3.20. The maximum absolute atomic E-state index is 13.3. The van der Waals surface area contributed by atoms with E-state index in [4.69, 9.17) is 23.2 Å². The zero-order valence-corrected chi connectivity index (χ0v) is 12.4. The maximum Gasteiger partial charge on any atom is 0.125 e. The van der Waals surface area contributed by atoms with E-state index in [1.807, 2.05) is 24.3 Å². The number of rotatable bonds is 3. The van der Waals surface area contributed by atoms with Gasteiger partial charge in [0.15, 0.2) is 0 Å². The molecule has 0 amide bonds. The minimum Gasteiger partial charge on any atom is -0.380 e. The van der Waals surface area contributed by atoms with Crippen LogP contribution in [0.25, 0.3) is 10.9 Å². The highest BCUT2D eigenvalue weighted by atomic mass is 35.5. The van der Waals surface area contributed by atoms with Gasteiger partial charge in [0.1, 0.15) is 5.82 Å². The fourth-order valence-electron chi connectivity index (χ4n) is 2.16. The fourth-order valence-corrected chi connectivity index (χ4v) is 2.56. The largest absolute Gasteiger partial charge is 0.380 e. The summed E-state index contributed by atoms with van der Waals surface area (Å²) in [6.45, 7) is 0.480. The molecule has 0 aliphatic carbocycles. The number of fused-ring (bicyclic) bond motifs is 1. The Hall–Kier alpha value is -1.84. The number of hydrogen-bond donors (Lipinski definition) is 1. The van der Waals surface area contributed by atoms with Gasteiger partial charge in [0.2, 0.25) is 0 Å². The minimum atomic E-state index is -0.332. The second kappa shape index (κ2) is 5.88. The van der Waals surface area contributed by atoms with Gasteiger partial charge in [-0.2, -0.15) is 0 Å². The second-order valence-electron chi connectivity index (χ2n) is 4.58. The lowest BCUT2D eigenvalue weighted by atomic mass is 10.1. The van der Waals surface area contributed by atoms with E-state index in [9.17, 15) is 4.39 Å². The second-order valence-corrected chi connectivity index (χ2v) is 5.40. The molecular formula is C16H11Cl2FN2. The number of nitrogens with one attached hydrogen (secondary N) is 1. The van der Waals surface area contributed by atoms with Crippen LogP contribution in [0.5, 0.6) is 0 Å². The van der Waals surface area contributed by atoms with Gasteiger partial charge in [-0.15, -0.1) is 0 Å². The Labute approximate surface area is 131 Å². The molecule has 0 saturated carbocycles. The molecule has 0 aliphatic rings. The molecule has 3 aromatic rings. The topological polar surface area (TPSA) is 24.9 Å². The summed E-state index contributed by atoms with van der Waals surface area (Å²) in [4.78, 5) is 4.36. The van der Waals surface area contributed by atoms with E-state index >= 15 is 0 Å². The molecule has 0 radical (unpaired) electrons. The number of aromatic nitrogens is 1. The average molecular weight is 321 g/mol. The van der Waals surface area contributed by atoms with Crippen LogP contribution in [0.4, 0.5) is 10.1 Å². The van der Waals surface area contributed by atoms with Crippen molar-refractivity contribution in [2.24, 2.45) is 0 Å². The summed E-state index contributed by atoms with van der Waals surface area (Å²) < 4.78 is 13.3. The van der Waals surface area contributed by atoms with Crippen LogP contribution in [0.15, 0.2) is 48.7 Å². The van der Waals surface area contributed by atoms with Crippen LogP contribution in [0, 0.1) is 5.82 Å². The van der Waals surface area contributed by atoms with Crippen molar-refractivity contribution < 1.29 is 4.39 Å². The van der Waals surface area contributed by atoms with Crippen molar-refractivity contribution in [3.05, 3.63) is 70.1 Å². The lowest BCUT2D eigenvalue weighted by Crippen LogP contribution is -2.02. The molecule has 0 aliphatic heterocycles. The summed E-state index contributed by atoms with van der Waals surface area (Å²) in [5.41, 5.74) is 2.34. The molecule has 1 aromatic heterocycles. The standard InChI is InChI=1S/C16H11Cl2FN2/c17-13-5-3-10(16-12(13)2-1-7-20-16)9-21-15-8-11(19)4-6-14(15)18/h1-8,21H,9H2. The molecule has 0 atom stereocenters. The normalized spacial score (nSPS) is 10.8. The zero-order valence-electron chi connectivity index (χ0n) is 10.9. The van der Waals surface area contributed by atoms with Crippen LogP contribution in [-0.2, 0) is 6.54 Å². The first-order chi connectivity index (χ1) is 10.1. The van der Waals surface area contributed by atoms with Gasteiger partial charge < -0.3 is 5.32 Å². The first kappa shape index (κ1) is 14.1. The van der Waals surface area contributed by atoms with Crippen LogP contribution in [-0.4, -0.2) is 4.98 Å². The number of benzene rings is 2. The number of pyridine rings is 1. The molecule has 2 nitrogen and oxygen atoms in total. The van der Waals surface area contributed by atoms with Crippen LogP contribution >= 0.6 is 23.2 Å². The van der Waals surface area contributed by atoms with Crippen molar-refractivity contribution in [1.82, 2.24) is 4.98 Å². The van der Waals surface area contributed by atoms with Crippen LogP contribution in [0.1, 0.15) is 5.56 Å². The molecule has 0 spiro atoms. The van der Waals surface area contributed by atoms with Crippen molar-refractivity contribution >= 4 is 39.8 Å². The number of anilines is 1. The predicted octanol–water partition coefficient (Wildman–Crippen LogP) is 5.29. The molecule has 21 heavy (non-hydrogen) atoms. The molecule has 1 heterocycles. The van der Waals surface area contributed by atoms with Gasteiger partial charge in [-0.25, -0.2) is 4.39 Å². The first-order valence-corrected chi connectivity index (χ1v) is 7.12. The van der Waals surface area contributed by atoms with Crippen LogP contribution in [0.3, 0.4) is 0 Å². The van der Waals surface area contributed by atoms with Crippen molar-refractivity contribution in [3.8, 4) is 0 Å². The zero-order chi connectivity index (χ0) is 14.8. The first-order valence-electron chi connectivity index (χ1n) is 6.36. The third-order valence-corrected chi connectivity index (χ3v) is 3.86. The van der Waals surface area contributed by atoms with Crippen molar-refractivity contribution in [1.29, 1.82) is 0 Å². The van der Waals surface area contributed by atoms with E-state index in [1.54, 1.807) is 6.20 Å². The lowest BCUT2D eigenvalue weighted by Gasteiger charge is -2.11. The van der Waals surface area contributed by atoms with E-state index in [0.717, 1.165) is 16.5 Å². The third kappa shape index (κ3) is 2.94. The van der Waals surface area contributed by atoms with E-state index in [2.05, 4.69) is 10.3 Å². The van der Waals surface area contributed by atoms with Crippen molar-refractivity contribution in [2.75, 3.05) is 5.32 Å². The Balaban J connectivity index is 1.92. The number of halogens is 3. The van der Waals surface area contributed by atoms with Crippen LogP contribution < -0.4 is 5.32 Å². The van der Waals surface area contributed by atoms with Gasteiger partial charge in [0.05, 0.1) is 16.2 Å². The fraction of sp³-hybridized carbons (Fsp3) is 0.0625. The summed E-state index contributed by atoms with van der Waals surface area (Å²) in [7, 11) is 0. The molecular weight excluding hydrogens is 310 g/mol. The summed E-state index contributed by atoms with van der Waals surface area (Å²) in [6, 6.07) is 11.7. The molecule has 0 bridgehead atoms. The maximum atomic E-state index is 13.3. The molecule has 0 saturated heterocycles. The van der Waals surface area contributed by atoms with Crippen molar-refractivity contribution in [3.63, 3.8) is 0 Å². The Morgan fingerprint density at radius 2 is 1.86 bits per heavy atom. The van der Waals surface area contributed by atoms with Crippen LogP contribution in [0.2, 0.25) is 10.0 Å². The Bertz CT molecular complexity index is 805. The Morgan fingerprint density at radius 3 is 2.71 bits per heavy atom. The molecule has 0 fully saturated rings. The van der Waals surface area contributed by atoms with Gasteiger partial charge in [0.25, 0.3) is 0 Å². The number of nitrogens with zero attached hydrogens (tertiary/aromatic N) is 1. The smallest absolute Gasteiger partial charge is 0.125 e. The highest BCUT2D eigenvalue weighted by Gasteiger charge is 2.07. The van der Waals surface area contributed by atoms with Gasteiger partial charge >= 0.3 is 0 Å². The molecule has 5 heteroatoms. The molecule has 1 N–H and O–H groups in total. The van der Waals surface area contributed by atoms with Gasteiger partial charge in [-0.3, -0.25) is 4.98 Å². The van der Waals surface area contributed by atoms with Gasteiger partial charge in [0, 0.05) is 23.2 Å². The van der Waals surface area contributed by atoms with Crippen molar-refractivity contribution in [2.45, 2.75) is 6.54 Å². The van der Waals surface area contributed by atoms with Gasteiger partial charge in [-0.05, 0) is 42.0 Å². The Morgan fingerprint density at radius 1 is 1.05 bits per heavy atom. The highest BCUT2D eigenvalue weighted by molar-refractivity contribution is 6.35. The summed E-state index contributed by atoms with van der Waals surface area (Å²) >= 11 is 12.2. The quantitative estimate of drug-likeness (QED) is 0.709. The Kier molecular flexibility index (Phi) is 3.95. The molecule has 106 valence electrons. The number of hydrogen-bond acceptors (Lipinski definition) is 2.